The van der Waals surface area contributed by atoms with Crippen molar-refractivity contribution in [1.82, 2.24) is 14.6 Å². The second-order valence-electron chi connectivity index (χ2n) is 4.56. The molecule has 0 bridgehead atoms. The van der Waals surface area contributed by atoms with E-state index < -0.39 is 5.91 Å². The number of carbonyl (C=O) groups excluding carboxylic acids is 1. The molecule has 0 aliphatic heterocycles. The summed E-state index contributed by atoms with van der Waals surface area (Å²) in [5.74, 6) is -0.674. The number of carbonyl (C=O) groups is 1. The number of rotatable bonds is 3. The highest BCUT2D eigenvalue weighted by atomic mass is 35.5. The fourth-order valence-corrected chi connectivity index (χ4v) is 2.38. The number of amides is 1. The molecule has 0 atom stereocenters. The molecule has 3 rings (SSSR count). The van der Waals surface area contributed by atoms with E-state index in [4.69, 9.17) is 17.3 Å². The first-order valence-corrected chi connectivity index (χ1v) is 6.58. The van der Waals surface area contributed by atoms with Crippen molar-refractivity contribution < 1.29 is 4.79 Å². The summed E-state index contributed by atoms with van der Waals surface area (Å²) in [6.07, 6.45) is 1.70. The highest BCUT2D eigenvalue weighted by molar-refractivity contribution is 6.30. The molecule has 0 unspecified atom stereocenters. The molecule has 6 nitrogen and oxygen atoms in total. The van der Waals surface area contributed by atoms with Crippen molar-refractivity contribution in [1.29, 1.82) is 0 Å². The molecule has 0 aliphatic carbocycles. The van der Waals surface area contributed by atoms with Gasteiger partial charge in [0.25, 0.3) is 11.5 Å². The van der Waals surface area contributed by atoms with Crippen molar-refractivity contribution in [3.8, 4) is 0 Å². The minimum Gasteiger partial charge on any atom is -0.365 e. The van der Waals surface area contributed by atoms with Crippen molar-refractivity contribution in [2.45, 2.75) is 6.42 Å². The van der Waals surface area contributed by atoms with Crippen molar-refractivity contribution in [3.63, 3.8) is 0 Å². The number of aromatic amines is 1. The summed E-state index contributed by atoms with van der Waals surface area (Å²) in [5.41, 5.74) is 6.45. The lowest BCUT2D eigenvalue weighted by Crippen LogP contribution is -2.22. The summed E-state index contributed by atoms with van der Waals surface area (Å²) < 4.78 is 1.17. The topological polar surface area (TPSA) is 93.3 Å². The first-order chi connectivity index (χ1) is 10.1. The number of hydrogen-bond donors (Lipinski definition) is 2. The normalized spacial score (nSPS) is 10.9. The van der Waals surface area contributed by atoms with Crippen LogP contribution in [0.5, 0.6) is 0 Å². The summed E-state index contributed by atoms with van der Waals surface area (Å²) in [6, 6.07) is 9.45. The van der Waals surface area contributed by atoms with Crippen molar-refractivity contribution in [2.75, 3.05) is 0 Å². The maximum absolute atomic E-state index is 12.4. The fourth-order valence-electron chi connectivity index (χ4n) is 2.15. The summed E-state index contributed by atoms with van der Waals surface area (Å²) >= 11 is 6.10. The van der Waals surface area contributed by atoms with Crippen molar-refractivity contribution in [3.05, 3.63) is 68.7 Å². The van der Waals surface area contributed by atoms with Gasteiger partial charge in [0.1, 0.15) is 10.7 Å². The Kier molecular flexibility index (Phi) is 3.23. The molecule has 2 aromatic heterocycles. The van der Waals surface area contributed by atoms with Crippen LogP contribution < -0.4 is 11.3 Å². The van der Waals surface area contributed by atoms with Gasteiger partial charge in [-0.3, -0.25) is 14.7 Å². The largest absolute Gasteiger partial charge is 0.365 e. The van der Waals surface area contributed by atoms with Gasteiger partial charge in [0, 0.05) is 12.6 Å². The van der Waals surface area contributed by atoms with Crippen LogP contribution in [0, 0.1) is 0 Å². The third kappa shape index (κ3) is 2.30. The average Bonchev–Trinajstić information content (AvgIpc) is 2.88. The van der Waals surface area contributed by atoms with Crippen LogP contribution in [-0.4, -0.2) is 20.5 Å². The number of nitrogens with zero attached hydrogens (tertiary/aromatic N) is 2. The number of nitrogens with one attached hydrogen (secondary N) is 1. The van der Waals surface area contributed by atoms with Gasteiger partial charge >= 0.3 is 0 Å². The van der Waals surface area contributed by atoms with Crippen molar-refractivity contribution >= 4 is 23.2 Å². The van der Waals surface area contributed by atoms with Gasteiger partial charge in [0.15, 0.2) is 5.65 Å². The van der Waals surface area contributed by atoms with Gasteiger partial charge in [0.2, 0.25) is 0 Å². The number of H-pyrrole nitrogens is 1. The summed E-state index contributed by atoms with van der Waals surface area (Å²) in [7, 11) is 0. The molecule has 0 saturated heterocycles. The minimum atomic E-state index is -0.674. The quantitative estimate of drug-likeness (QED) is 0.715. The molecule has 106 valence electrons. The Morgan fingerprint density at radius 1 is 1.33 bits per heavy atom. The summed E-state index contributed by atoms with van der Waals surface area (Å²) in [6.45, 7) is 0. The van der Waals surface area contributed by atoms with Gasteiger partial charge in [-0.25, -0.2) is 9.50 Å². The Bertz CT molecular complexity index is 883. The number of primary amides is 1. The molecule has 21 heavy (non-hydrogen) atoms. The molecular formula is C14H11ClN4O2. The molecule has 0 saturated carbocycles. The van der Waals surface area contributed by atoms with E-state index in [0.717, 1.165) is 5.56 Å². The average molecular weight is 303 g/mol. The van der Waals surface area contributed by atoms with E-state index in [0.29, 0.717) is 12.0 Å². The molecule has 1 aromatic carbocycles. The maximum Gasteiger partial charge on any atom is 0.277 e. The smallest absolute Gasteiger partial charge is 0.277 e. The number of halogens is 1. The van der Waals surface area contributed by atoms with E-state index in [1.165, 1.54) is 10.7 Å². The van der Waals surface area contributed by atoms with E-state index >= 15 is 0 Å². The van der Waals surface area contributed by atoms with Crippen molar-refractivity contribution in [2.24, 2.45) is 5.73 Å². The predicted octanol–water partition coefficient (Wildman–Crippen LogP) is 1.37. The lowest BCUT2D eigenvalue weighted by atomic mass is 10.1. The monoisotopic (exact) mass is 302 g/mol. The highest BCUT2D eigenvalue weighted by Gasteiger charge is 2.17. The van der Waals surface area contributed by atoms with Crippen LogP contribution in [0.1, 0.15) is 21.5 Å². The lowest BCUT2D eigenvalue weighted by molar-refractivity contribution is 0.100. The van der Waals surface area contributed by atoms with E-state index in [1.54, 1.807) is 0 Å². The van der Waals surface area contributed by atoms with E-state index in [9.17, 15) is 9.59 Å². The molecule has 7 heteroatoms. The minimum absolute atomic E-state index is 0.0750. The Labute approximate surface area is 124 Å². The van der Waals surface area contributed by atoms with Gasteiger partial charge in [-0.2, -0.15) is 0 Å². The lowest BCUT2D eigenvalue weighted by Gasteiger charge is -2.04. The number of hydrogen-bond acceptors (Lipinski definition) is 3. The maximum atomic E-state index is 12.4. The standard InChI is InChI=1S/C14H11ClN4O2/c15-11-9(6-8-4-2-1-3-5-8)14(21)19-13(18-11)10(7-17-19)12(16)20/h1-5,7,17H,6H2,(H2,16,20). The molecule has 2 heterocycles. The van der Waals surface area contributed by atoms with Gasteiger partial charge in [-0.05, 0) is 5.56 Å². The number of nitrogens with two attached hydrogens (primary N) is 1. The third-order valence-electron chi connectivity index (χ3n) is 3.19. The Balaban J connectivity index is 2.17. The van der Waals surface area contributed by atoms with E-state index in [-0.39, 0.29) is 21.9 Å². The Hall–Kier alpha value is -2.60. The van der Waals surface area contributed by atoms with Gasteiger partial charge < -0.3 is 5.73 Å². The molecule has 3 aromatic rings. The van der Waals surface area contributed by atoms with Crippen LogP contribution in [0.4, 0.5) is 0 Å². The molecule has 0 fully saturated rings. The predicted molar refractivity (Wildman–Crippen MR) is 78.6 cm³/mol. The van der Waals surface area contributed by atoms with Crippen LogP contribution in [0.3, 0.4) is 0 Å². The summed E-state index contributed by atoms with van der Waals surface area (Å²) in [5, 5.41) is 2.75. The Morgan fingerprint density at radius 3 is 2.71 bits per heavy atom. The molecule has 0 spiro atoms. The number of fused-ring (bicyclic) bond motifs is 1. The van der Waals surface area contributed by atoms with E-state index in [1.807, 2.05) is 30.3 Å². The SMILES string of the molecule is NC(=O)c1c[nH]n2c(=O)c(Cc3ccccc3)c(Cl)nc12. The zero-order valence-electron chi connectivity index (χ0n) is 10.8. The molecule has 3 N–H and O–H groups in total. The third-order valence-corrected chi connectivity index (χ3v) is 3.51. The van der Waals surface area contributed by atoms with Crippen LogP contribution in [-0.2, 0) is 6.42 Å². The number of aromatic nitrogens is 3. The van der Waals surface area contributed by atoms with Crippen LogP contribution in [0.25, 0.3) is 5.65 Å². The molecule has 0 radical (unpaired) electrons. The molecular weight excluding hydrogens is 292 g/mol. The van der Waals surface area contributed by atoms with Crippen LogP contribution >= 0.6 is 11.6 Å². The number of benzene rings is 1. The first kappa shape index (κ1) is 13.4. The van der Waals surface area contributed by atoms with E-state index in [2.05, 4.69) is 10.1 Å². The second-order valence-corrected chi connectivity index (χ2v) is 4.92. The second kappa shape index (κ2) is 5.06. The zero-order valence-corrected chi connectivity index (χ0v) is 11.6. The van der Waals surface area contributed by atoms with Gasteiger partial charge in [0.05, 0.1) is 5.56 Å². The fraction of sp³-hybridized carbons (Fsp3) is 0.0714. The zero-order chi connectivity index (χ0) is 15.0. The highest BCUT2D eigenvalue weighted by Crippen LogP contribution is 2.16. The van der Waals surface area contributed by atoms with Gasteiger partial charge in [-0.15, -0.1) is 0 Å². The Morgan fingerprint density at radius 2 is 2.05 bits per heavy atom. The van der Waals surface area contributed by atoms with Crippen LogP contribution in [0.15, 0.2) is 41.3 Å². The summed E-state index contributed by atoms with van der Waals surface area (Å²) in [4.78, 5) is 27.8. The molecule has 1 amide bonds. The van der Waals surface area contributed by atoms with Crippen LogP contribution in [0.2, 0.25) is 5.15 Å². The molecule has 0 aliphatic rings. The first-order valence-electron chi connectivity index (χ1n) is 6.20. The van der Waals surface area contributed by atoms with Gasteiger partial charge in [-0.1, -0.05) is 41.9 Å².